The lowest BCUT2D eigenvalue weighted by Gasteiger charge is -2.01. The van der Waals surface area contributed by atoms with Gasteiger partial charge in [0, 0.05) is 19.0 Å². The van der Waals surface area contributed by atoms with Gasteiger partial charge in [0.2, 0.25) is 0 Å². The molecule has 0 aromatic heterocycles. The number of hydrogen-bond donors (Lipinski definition) is 3. The maximum Gasteiger partial charge on any atom is 0.175 e. The third-order valence-electron chi connectivity index (χ3n) is 1.55. The maximum atomic E-state index is 11.1. The molecule has 0 aliphatic rings. The van der Waals surface area contributed by atoms with Crippen LogP contribution in [0.2, 0.25) is 0 Å². The molecule has 1 rings (SSSR count). The van der Waals surface area contributed by atoms with Crippen LogP contribution in [-0.4, -0.2) is 32.2 Å². The number of halogens is 1. The summed E-state index contributed by atoms with van der Waals surface area (Å²) >= 11 is 0. The highest BCUT2D eigenvalue weighted by molar-refractivity contribution is 7.90. The molecule has 0 saturated carbocycles. The fourth-order valence-corrected chi connectivity index (χ4v) is 1.55. The van der Waals surface area contributed by atoms with Crippen LogP contribution >= 0.6 is 12.4 Å². The lowest BCUT2D eigenvalue weighted by atomic mass is 10.3. The van der Waals surface area contributed by atoms with Crippen LogP contribution in [0.15, 0.2) is 29.2 Å². The van der Waals surface area contributed by atoms with Crippen molar-refractivity contribution in [3.05, 3.63) is 24.3 Å². The summed E-state index contributed by atoms with van der Waals surface area (Å²) in [4.78, 5) is 0.342. The Labute approximate surface area is 95.0 Å². The average molecular weight is 256 g/mol. The number of anilines is 1. The second-order valence-corrected chi connectivity index (χ2v) is 4.57. The van der Waals surface area contributed by atoms with Gasteiger partial charge in [-0.15, -0.1) is 12.4 Å². The molecule has 7 heteroatoms. The van der Waals surface area contributed by atoms with E-state index in [1.165, 1.54) is 6.26 Å². The van der Waals surface area contributed by atoms with Crippen molar-refractivity contribution in [1.82, 2.24) is 0 Å². The van der Waals surface area contributed by atoms with E-state index in [2.05, 4.69) is 5.32 Å². The Morgan fingerprint density at radius 1 is 1.27 bits per heavy atom. The van der Waals surface area contributed by atoms with E-state index < -0.39 is 9.84 Å². The van der Waals surface area contributed by atoms with Crippen LogP contribution < -0.4 is 5.32 Å². The highest BCUT2D eigenvalue weighted by Crippen LogP contribution is 2.14. The van der Waals surface area contributed by atoms with Crippen molar-refractivity contribution in [2.45, 2.75) is 4.90 Å². The first-order valence-corrected chi connectivity index (χ1v) is 5.61. The third-order valence-corrected chi connectivity index (χ3v) is 2.66. The number of hydrogen-bond acceptors (Lipinski definition) is 5. The summed E-state index contributed by atoms with van der Waals surface area (Å²) in [5, 5.41) is 14.9. The Hall–Kier alpha value is -0.820. The molecule has 0 aliphatic carbocycles. The first-order chi connectivity index (χ1) is 6.54. The Morgan fingerprint density at radius 2 is 1.80 bits per heavy atom. The molecule has 15 heavy (non-hydrogen) atoms. The summed E-state index contributed by atoms with van der Waals surface area (Å²) in [6, 6.07) is 6.71. The summed E-state index contributed by atoms with van der Waals surface area (Å²) in [6.45, 7) is 0. The summed E-state index contributed by atoms with van der Waals surface area (Å²) in [6.07, 6.45) is 1.20. The predicted octanol–water partition coefficient (Wildman–Crippen LogP) is 1.57. The van der Waals surface area contributed by atoms with Gasteiger partial charge >= 0.3 is 0 Å². The minimum atomic E-state index is -3.08. The van der Waals surface area contributed by atoms with Crippen molar-refractivity contribution >= 4 is 27.9 Å². The molecule has 0 radical (unpaired) electrons. The van der Waals surface area contributed by atoms with E-state index in [1.807, 2.05) is 6.07 Å². The van der Waals surface area contributed by atoms with Crippen molar-refractivity contribution in [3.8, 4) is 0 Å². The van der Waals surface area contributed by atoms with Crippen LogP contribution in [0.1, 0.15) is 0 Å². The largest absolute Gasteiger partial charge is 0.388 e. The summed E-state index contributed by atoms with van der Waals surface area (Å²) in [7, 11) is -1.32. The molecule has 0 aliphatic heterocycles. The fourth-order valence-electron chi connectivity index (χ4n) is 0.882. The number of nitrogens with one attached hydrogen (secondary N) is 1. The van der Waals surface area contributed by atoms with E-state index in [0.29, 0.717) is 4.90 Å². The van der Waals surface area contributed by atoms with Gasteiger partial charge in [-0.3, -0.25) is 10.5 Å². The normalized spacial score (nSPS) is 9.33. The molecule has 0 spiro atoms. The molecule has 88 valence electrons. The molecule has 1 aromatic carbocycles. The zero-order valence-electron chi connectivity index (χ0n) is 8.34. The average Bonchev–Trinajstić information content (AvgIpc) is 2.20. The van der Waals surface area contributed by atoms with E-state index in [9.17, 15) is 8.42 Å². The van der Waals surface area contributed by atoms with Crippen molar-refractivity contribution in [1.29, 1.82) is 0 Å². The third kappa shape index (κ3) is 5.58. The van der Waals surface area contributed by atoms with Gasteiger partial charge in [-0.25, -0.2) is 8.42 Å². The maximum absolute atomic E-state index is 11.1. The van der Waals surface area contributed by atoms with Gasteiger partial charge in [0.25, 0.3) is 0 Å². The molecular formula is C8H14ClNO4S. The Kier molecular flexibility index (Phi) is 8.27. The van der Waals surface area contributed by atoms with Gasteiger partial charge in [0.05, 0.1) is 4.90 Å². The number of benzene rings is 1. The van der Waals surface area contributed by atoms with Crippen molar-refractivity contribution < 1.29 is 18.9 Å². The topological polar surface area (TPSA) is 86.6 Å². The Morgan fingerprint density at radius 3 is 2.20 bits per heavy atom. The van der Waals surface area contributed by atoms with Crippen LogP contribution in [0, 0.1) is 0 Å². The first kappa shape index (κ1) is 16.6. The SMILES string of the molecule is CNc1cccc(S(C)(=O)=O)c1.Cl.OO. The summed E-state index contributed by atoms with van der Waals surface area (Å²) in [5.41, 5.74) is 0.804. The van der Waals surface area contributed by atoms with E-state index >= 15 is 0 Å². The molecule has 0 bridgehead atoms. The molecule has 0 amide bonds. The van der Waals surface area contributed by atoms with E-state index in [0.717, 1.165) is 5.69 Å². The van der Waals surface area contributed by atoms with Gasteiger partial charge in [-0.1, -0.05) is 6.07 Å². The lowest BCUT2D eigenvalue weighted by molar-refractivity contribution is -0.176. The standard InChI is InChI=1S/C8H11NO2S.ClH.H2O2/c1-9-7-4-3-5-8(6-7)12(2,10)11;;1-2/h3-6,9H,1-2H3;1H;1-2H. The van der Waals surface area contributed by atoms with Gasteiger partial charge in [0.15, 0.2) is 9.84 Å². The predicted molar refractivity (Wildman–Crippen MR) is 61.6 cm³/mol. The first-order valence-electron chi connectivity index (χ1n) is 3.72. The summed E-state index contributed by atoms with van der Waals surface area (Å²) in [5.74, 6) is 0. The second-order valence-electron chi connectivity index (χ2n) is 2.55. The molecule has 0 atom stereocenters. The zero-order valence-corrected chi connectivity index (χ0v) is 9.97. The smallest absolute Gasteiger partial charge is 0.175 e. The molecule has 0 fully saturated rings. The molecule has 3 N–H and O–H groups in total. The minimum absolute atomic E-state index is 0. The van der Waals surface area contributed by atoms with Crippen LogP contribution in [0.3, 0.4) is 0 Å². The minimum Gasteiger partial charge on any atom is -0.388 e. The van der Waals surface area contributed by atoms with Crippen LogP contribution in [0.5, 0.6) is 0 Å². The van der Waals surface area contributed by atoms with Crippen molar-refractivity contribution in [2.75, 3.05) is 18.6 Å². The molecule has 0 unspecified atom stereocenters. The van der Waals surface area contributed by atoms with Gasteiger partial charge in [0.1, 0.15) is 0 Å². The highest BCUT2D eigenvalue weighted by atomic mass is 35.5. The monoisotopic (exact) mass is 255 g/mol. The van der Waals surface area contributed by atoms with Gasteiger partial charge < -0.3 is 5.32 Å². The quantitative estimate of drug-likeness (QED) is 0.552. The molecule has 0 saturated heterocycles. The zero-order chi connectivity index (χ0) is 11.2. The van der Waals surface area contributed by atoms with Crippen LogP contribution in [0.4, 0.5) is 5.69 Å². The van der Waals surface area contributed by atoms with Gasteiger partial charge in [-0.2, -0.15) is 0 Å². The molecule has 1 aromatic rings. The van der Waals surface area contributed by atoms with E-state index in [1.54, 1.807) is 25.2 Å². The van der Waals surface area contributed by atoms with E-state index in [-0.39, 0.29) is 12.4 Å². The lowest BCUT2D eigenvalue weighted by Crippen LogP contribution is -1.97. The molecule has 5 nitrogen and oxygen atoms in total. The number of rotatable bonds is 2. The van der Waals surface area contributed by atoms with Crippen molar-refractivity contribution in [2.24, 2.45) is 0 Å². The number of sulfone groups is 1. The highest BCUT2D eigenvalue weighted by Gasteiger charge is 2.05. The Balaban J connectivity index is 0. The Bertz CT molecular complexity index is 380. The summed E-state index contributed by atoms with van der Waals surface area (Å²) < 4.78 is 22.1. The molecule has 0 heterocycles. The fraction of sp³-hybridized carbons (Fsp3) is 0.250. The molecular weight excluding hydrogens is 242 g/mol. The van der Waals surface area contributed by atoms with Crippen molar-refractivity contribution in [3.63, 3.8) is 0 Å². The van der Waals surface area contributed by atoms with E-state index in [4.69, 9.17) is 10.5 Å². The van der Waals surface area contributed by atoms with Crippen LogP contribution in [0.25, 0.3) is 0 Å². The second kappa shape index (κ2) is 7.47. The van der Waals surface area contributed by atoms with Gasteiger partial charge in [-0.05, 0) is 18.2 Å². The van der Waals surface area contributed by atoms with Crippen LogP contribution in [-0.2, 0) is 9.84 Å².